The Bertz CT molecular complexity index is 989. The van der Waals surface area contributed by atoms with Crippen molar-refractivity contribution in [3.05, 3.63) is 24.3 Å². The van der Waals surface area contributed by atoms with Gasteiger partial charge in [0.1, 0.15) is 13.2 Å². The summed E-state index contributed by atoms with van der Waals surface area (Å²) in [6.45, 7) is 6.64. The van der Waals surface area contributed by atoms with Crippen LogP contribution in [0, 0.1) is 0 Å². The summed E-state index contributed by atoms with van der Waals surface area (Å²) in [6, 6.07) is 0. The standard InChI is InChI=1S/C55H102O6/c1-4-7-10-13-16-19-22-24-25-26-27-28-29-30-31-32-34-36-39-42-45-48-54(57)60-51-52(50-59-53(56)47-44-41-38-35-21-18-15-12-9-6-3)61-55(58)49-46-43-40-37-33-23-20-17-14-11-8-5-2/h22,24,26-27,52H,4-21,23,25,28-51H2,1-3H3/b24-22-,27-26-. The van der Waals surface area contributed by atoms with Crippen molar-refractivity contribution in [1.29, 1.82) is 0 Å². The molecule has 0 aliphatic carbocycles. The van der Waals surface area contributed by atoms with Crippen LogP contribution in [0.25, 0.3) is 0 Å². The van der Waals surface area contributed by atoms with Gasteiger partial charge in [-0.15, -0.1) is 0 Å². The fraction of sp³-hybridized carbons (Fsp3) is 0.873. The molecule has 1 atom stereocenters. The second kappa shape index (κ2) is 50.5. The zero-order valence-electron chi connectivity index (χ0n) is 40.9. The number of esters is 3. The van der Waals surface area contributed by atoms with Crippen LogP contribution in [0.3, 0.4) is 0 Å². The van der Waals surface area contributed by atoms with Gasteiger partial charge < -0.3 is 14.2 Å². The molecule has 0 saturated carbocycles. The van der Waals surface area contributed by atoms with Crippen molar-refractivity contribution in [2.24, 2.45) is 0 Å². The molecule has 0 aliphatic heterocycles. The number of ether oxygens (including phenoxy) is 3. The summed E-state index contributed by atoms with van der Waals surface area (Å²) >= 11 is 0. The minimum absolute atomic E-state index is 0.0677. The highest BCUT2D eigenvalue weighted by atomic mass is 16.6. The topological polar surface area (TPSA) is 78.9 Å². The smallest absolute Gasteiger partial charge is 0.306 e. The molecule has 0 saturated heterocycles. The van der Waals surface area contributed by atoms with E-state index in [9.17, 15) is 14.4 Å². The molecule has 0 N–H and O–H groups in total. The van der Waals surface area contributed by atoms with Gasteiger partial charge in [0.05, 0.1) is 0 Å². The van der Waals surface area contributed by atoms with Crippen LogP contribution >= 0.6 is 0 Å². The molecular weight excluding hydrogens is 757 g/mol. The van der Waals surface area contributed by atoms with Crippen LogP contribution in [0.4, 0.5) is 0 Å². The van der Waals surface area contributed by atoms with Crippen LogP contribution in [0.5, 0.6) is 0 Å². The molecule has 0 aromatic carbocycles. The molecular formula is C55H102O6. The normalized spacial score (nSPS) is 12.1. The van der Waals surface area contributed by atoms with Crippen LogP contribution in [0.2, 0.25) is 0 Å². The van der Waals surface area contributed by atoms with Crippen LogP contribution in [0.15, 0.2) is 24.3 Å². The number of carbonyl (C=O) groups is 3. The third-order valence-electron chi connectivity index (χ3n) is 12.0. The van der Waals surface area contributed by atoms with Gasteiger partial charge in [0.25, 0.3) is 0 Å². The maximum absolute atomic E-state index is 12.8. The van der Waals surface area contributed by atoms with Gasteiger partial charge in [0.2, 0.25) is 0 Å². The van der Waals surface area contributed by atoms with E-state index in [4.69, 9.17) is 14.2 Å². The Morgan fingerprint density at radius 3 is 0.902 bits per heavy atom. The van der Waals surface area contributed by atoms with Gasteiger partial charge in [-0.2, -0.15) is 0 Å². The Morgan fingerprint density at radius 2 is 0.590 bits per heavy atom. The summed E-state index contributed by atoms with van der Waals surface area (Å²) in [5.74, 6) is -0.859. The predicted molar refractivity (Wildman–Crippen MR) is 261 cm³/mol. The Balaban J connectivity index is 4.24. The molecule has 358 valence electrons. The zero-order valence-corrected chi connectivity index (χ0v) is 40.9. The lowest BCUT2D eigenvalue weighted by Gasteiger charge is -2.18. The molecule has 0 aliphatic rings. The molecule has 0 fully saturated rings. The van der Waals surface area contributed by atoms with Gasteiger partial charge in [-0.05, 0) is 51.4 Å². The van der Waals surface area contributed by atoms with E-state index in [0.29, 0.717) is 19.3 Å². The first kappa shape index (κ1) is 58.9. The van der Waals surface area contributed by atoms with E-state index in [2.05, 4.69) is 45.1 Å². The largest absolute Gasteiger partial charge is 0.462 e. The quantitative estimate of drug-likeness (QED) is 0.0262. The molecule has 0 spiro atoms. The van der Waals surface area contributed by atoms with E-state index in [1.165, 1.54) is 186 Å². The Kier molecular flexibility index (Phi) is 48.8. The molecule has 0 bridgehead atoms. The number of carbonyl (C=O) groups excluding carboxylic acids is 3. The lowest BCUT2D eigenvalue weighted by Crippen LogP contribution is -2.30. The zero-order chi connectivity index (χ0) is 44.4. The van der Waals surface area contributed by atoms with E-state index in [-0.39, 0.29) is 31.1 Å². The van der Waals surface area contributed by atoms with Crippen molar-refractivity contribution in [2.45, 2.75) is 297 Å². The molecule has 0 aromatic rings. The second-order valence-corrected chi connectivity index (χ2v) is 18.2. The molecule has 0 aromatic heterocycles. The van der Waals surface area contributed by atoms with Gasteiger partial charge in [0, 0.05) is 19.3 Å². The highest BCUT2D eigenvalue weighted by Gasteiger charge is 2.19. The average molecular weight is 859 g/mol. The van der Waals surface area contributed by atoms with Crippen LogP contribution in [-0.4, -0.2) is 37.2 Å². The Labute approximate surface area is 379 Å². The number of rotatable bonds is 49. The first-order chi connectivity index (χ1) is 30.0. The molecule has 0 radical (unpaired) electrons. The van der Waals surface area contributed by atoms with E-state index >= 15 is 0 Å². The summed E-state index contributed by atoms with van der Waals surface area (Å²) in [5.41, 5.74) is 0. The van der Waals surface area contributed by atoms with E-state index in [1.54, 1.807) is 0 Å². The molecule has 0 amide bonds. The van der Waals surface area contributed by atoms with E-state index < -0.39 is 6.10 Å². The highest BCUT2D eigenvalue weighted by Crippen LogP contribution is 2.16. The van der Waals surface area contributed by atoms with Gasteiger partial charge in [0.15, 0.2) is 6.10 Å². The molecule has 1 unspecified atom stereocenters. The van der Waals surface area contributed by atoms with Gasteiger partial charge in [-0.3, -0.25) is 14.4 Å². The summed E-state index contributed by atoms with van der Waals surface area (Å²) in [4.78, 5) is 37.9. The molecule has 0 heterocycles. The van der Waals surface area contributed by atoms with Gasteiger partial charge in [-0.25, -0.2) is 0 Å². The van der Waals surface area contributed by atoms with Crippen molar-refractivity contribution in [1.82, 2.24) is 0 Å². The van der Waals surface area contributed by atoms with E-state index in [0.717, 1.165) is 64.2 Å². The fourth-order valence-corrected chi connectivity index (χ4v) is 7.89. The van der Waals surface area contributed by atoms with Crippen molar-refractivity contribution >= 4 is 17.9 Å². The SMILES string of the molecule is CCCCCCC/C=C\C/C=C\CCCCCCCCCCCC(=O)OCC(COC(=O)CCCCCCCCCCCC)OC(=O)CCCCCCCCCCCCCC. The molecule has 6 heteroatoms. The molecule has 6 nitrogen and oxygen atoms in total. The van der Waals surface area contributed by atoms with Crippen molar-refractivity contribution in [3.63, 3.8) is 0 Å². The minimum Gasteiger partial charge on any atom is -0.462 e. The number of hydrogen-bond acceptors (Lipinski definition) is 6. The number of hydrogen-bond donors (Lipinski definition) is 0. The van der Waals surface area contributed by atoms with Crippen LogP contribution < -0.4 is 0 Å². The van der Waals surface area contributed by atoms with Crippen LogP contribution in [-0.2, 0) is 28.6 Å². The maximum atomic E-state index is 12.8. The Hall–Kier alpha value is -2.11. The predicted octanol–water partition coefficient (Wildman–Crippen LogP) is 17.5. The highest BCUT2D eigenvalue weighted by molar-refractivity contribution is 5.71. The third-order valence-corrected chi connectivity index (χ3v) is 12.0. The molecule has 61 heavy (non-hydrogen) atoms. The van der Waals surface area contributed by atoms with Crippen molar-refractivity contribution in [3.8, 4) is 0 Å². The summed E-state index contributed by atoms with van der Waals surface area (Å²) in [7, 11) is 0. The number of allylic oxidation sites excluding steroid dienone is 4. The van der Waals surface area contributed by atoms with Crippen molar-refractivity contribution < 1.29 is 28.6 Å². The second-order valence-electron chi connectivity index (χ2n) is 18.2. The fourth-order valence-electron chi connectivity index (χ4n) is 7.89. The maximum Gasteiger partial charge on any atom is 0.306 e. The minimum atomic E-state index is -0.765. The monoisotopic (exact) mass is 859 g/mol. The lowest BCUT2D eigenvalue weighted by molar-refractivity contribution is -0.167. The van der Waals surface area contributed by atoms with Gasteiger partial charge in [-0.1, -0.05) is 244 Å². The lowest BCUT2D eigenvalue weighted by atomic mass is 10.0. The summed E-state index contributed by atoms with van der Waals surface area (Å²) < 4.78 is 16.8. The first-order valence-corrected chi connectivity index (χ1v) is 26.8. The van der Waals surface area contributed by atoms with Gasteiger partial charge >= 0.3 is 17.9 Å². The molecule has 0 rings (SSSR count). The Morgan fingerprint density at radius 1 is 0.328 bits per heavy atom. The first-order valence-electron chi connectivity index (χ1n) is 26.8. The average Bonchev–Trinajstić information content (AvgIpc) is 3.26. The summed E-state index contributed by atoms with van der Waals surface area (Å²) in [5, 5.41) is 0. The van der Waals surface area contributed by atoms with Crippen LogP contribution in [0.1, 0.15) is 290 Å². The van der Waals surface area contributed by atoms with E-state index in [1.807, 2.05) is 0 Å². The van der Waals surface area contributed by atoms with Crippen molar-refractivity contribution in [2.75, 3.05) is 13.2 Å². The number of unbranched alkanes of at least 4 members (excludes halogenated alkanes) is 34. The third kappa shape index (κ3) is 48.8. The summed E-state index contributed by atoms with van der Waals surface area (Å²) in [6.07, 6.45) is 57.4.